The van der Waals surface area contributed by atoms with Gasteiger partial charge in [0.15, 0.2) is 0 Å². The third kappa shape index (κ3) is 3.66. The number of allylic oxidation sites excluding steroid dienone is 1. The summed E-state index contributed by atoms with van der Waals surface area (Å²) in [4.78, 5) is 8.61. The van der Waals surface area contributed by atoms with Gasteiger partial charge in [0, 0.05) is 42.0 Å². The highest BCUT2D eigenvalue weighted by atomic mass is 15.0. The van der Waals surface area contributed by atoms with Gasteiger partial charge in [-0.1, -0.05) is 25.3 Å². The number of imidazole rings is 1. The number of aromatic nitrogens is 3. The van der Waals surface area contributed by atoms with Crippen LogP contribution in [0.5, 0.6) is 0 Å². The first-order valence-electron chi connectivity index (χ1n) is 7.98. The van der Waals surface area contributed by atoms with Crippen molar-refractivity contribution in [2.45, 2.75) is 13.3 Å². The summed E-state index contributed by atoms with van der Waals surface area (Å²) in [5, 5.41) is 12.9. The maximum Gasteiger partial charge on any atom is 0.130 e. The molecule has 0 aliphatic rings. The summed E-state index contributed by atoms with van der Waals surface area (Å²) >= 11 is 0. The van der Waals surface area contributed by atoms with E-state index in [0.29, 0.717) is 23.6 Å². The number of hydrogen-bond donors (Lipinski definition) is 2. The molecule has 0 atom stereocenters. The molecule has 25 heavy (non-hydrogen) atoms. The Morgan fingerprint density at radius 3 is 2.68 bits per heavy atom. The Morgan fingerprint density at radius 1 is 1.20 bits per heavy atom. The maximum absolute atomic E-state index is 7.56. The van der Waals surface area contributed by atoms with E-state index in [2.05, 4.69) is 46.6 Å². The highest BCUT2D eigenvalue weighted by Gasteiger charge is 2.07. The molecule has 126 valence electrons. The molecule has 0 amide bonds. The molecule has 2 heterocycles. The molecule has 0 saturated carbocycles. The minimum absolute atomic E-state index is 0.504. The van der Waals surface area contributed by atoms with E-state index in [1.54, 1.807) is 13.3 Å². The average molecular weight is 331 g/mol. The molecule has 2 aromatic heterocycles. The summed E-state index contributed by atoms with van der Waals surface area (Å²) in [6.07, 6.45) is 5.99. The molecule has 0 aliphatic carbocycles. The fourth-order valence-corrected chi connectivity index (χ4v) is 2.67. The van der Waals surface area contributed by atoms with E-state index in [1.807, 2.05) is 30.1 Å². The number of nitrogens with zero attached hydrogens (tertiary/aromatic N) is 3. The fraction of sp³-hybridized carbons (Fsp3) is 0.150. The van der Waals surface area contributed by atoms with E-state index >= 15 is 0 Å². The third-order valence-corrected chi connectivity index (χ3v) is 4.02. The van der Waals surface area contributed by atoms with Gasteiger partial charge < -0.3 is 15.3 Å². The Labute approximate surface area is 147 Å². The first-order chi connectivity index (χ1) is 11.9. The lowest BCUT2D eigenvalue weighted by atomic mass is 10.1. The molecule has 3 aromatic rings. The van der Waals surface area contributed by atoms with Crippen molar-refractivity contribution in [3.05, 3.63) is 67.4 Å². The number of fused-ring (bicyclic) bond motifs is 1. The van der Waals surface area contributed by atoms with Gasteiger partial charge >= 0.3 is 0 Å². The zero-order valence-corrected chi connectivity index (χ0v) is 14.5. The molecule has 3 rings (SSSR count). The Hall–Kier alpha value is -3.21. The predicted molar refractivity (Wildman–Crippen MR) is 104 cm³/mol. The Kier molecular flexibility index (Phi) is 4.48. The van der Waals surface area contributed by atoms with Crippen LogP contribution in [0.4, 0.5) is 5.82 Å². The van der Waals surface area contributed by atoms with Gasteiger partial charge in [-0.3, -0.25) is 0 Å². The molecule has 5 nitrogen and oxygen atoms in total. The van der Waals surface area contributed by atoms with Crippen molar-refractivity contribution in [3.8, 4) is 11.3 Å². The number of rotatable bonds is 6. The van der Waals surface area contributed by atoms with Crippen molar-refractivity contribution in [3.63, 3.8) is 0 Å². The normalized spacial score (nSPS) is 10.6. The molecule has 0 fully saturated rings. The highest BCUT2D eigenvalue weighted by Crippen LogP contribution is 2.25. The molecule has 1 aromatic carbocycles. The summed E-state index contributed by atoms with van der Waals surface area (Å²) < 4.78 is 1.99. The van der Waals surface area contributed by atoms with Crippen molar-refractivity contribution in [2.75, 3.05) is 5.32 Å². The molecule has 2 N–H and O–H groups in total. The van der Waals surface area contributed by atoms with Crippen molar-refractivity contribution in [2.24, 2.45) is 7.05 Å². The zero-order valence-electron chi connectivity index (χ0n) is 14.5. The van der Waals surface area contributed by atoms with Gasteiger partial charge in [0.1, 0.15) is 5.82 Å². The molecule has 0 unspecified atom stereocenters. The largest absolute Gasteiger partial charge is 0.341 e. The number of pyridine rings is 1. The predicted octanol–water partition coefficient (Wildman–Crippen LogP) is 4.55. The van der Waals surface area contributed by atoms with Crippen LogP contribution in [0.3, 0.4) is 0 Å². The van der Waals surface area contributed by atoms with Crippen LogP contribution in [0.15, 0.2) is 67.4 Å². The second-order valence-corrected chi connectivity index (χ2v) is 6.19. The van der Waals surface area contributed by atoms with Crippen molar-refractivity contribution in [1.29, 1.82) is 5.41 Å². The Bertz CT molecular complexity index is 981. The summed E-state index contributed by atoms with van der Waals surface area (Å²) in [6, 6.07) is 8.24. The molecular weight excluding hydrogens is 310 g/mol. The SMILES string of the molecule is C=C(CC(C)=N)C(=C)Nc1cc2cc(-c3cncn3C)ccc2cn1. The van der Waals surface area contributed by atoms with Crippen LogP contribution in [0.1, 0.15) is 13.3 Å². The molecule has 0 saturated heterocycles. The topological polar surface area (TPSA) is 66.6 Å². The minimum Gasteiger partial charge on any atom is -0.341 e. The van der Waals surface area contributed by atoms with Gasteiger partial charge in [0.2, 0.25) is 0 Å². The lowest BCUT2D eigenvalue weighted by molar-refractivity contribution is 0.921. The first-order valence-corrected chi connectivity index (χ1v) is 7.98. The summed E-state index contributed by atoms with van der Waals surface area (Å²) in [6.45, 7) is 9.72. The first kappa shape index (κ1) is 16.6. The van der Waals surface area contributed by atoms with Gasteiger partial charge in [0.05, 0.1) is 18.2 Å². The maximum atomic E-state index is 7.56. The van der Waals surface area contributed by atoms with Crippen molar-refractivity contribution < 1.29 is 0 Å². The van der Waals surface area contributed by atoms with E-state index in [1.165, 1.54) is 0 Å². The lowest BCUT2D eigenvalue weighted by Crippen LogP contribution is -2.04. The summed E-state index contributed by atoms with van der Waals surface area (Å²) in [7, 11) is 1.98. The molecule has 0 aliphatic heterocycles. The fourth-order valence-electron chi connectivity index (χ4n) is 2.67. The number of nitrogens with one attached hydrogen (secondary N) is 2. The average Bonchev–Trinajstić information content (AvgIpc) is 2.99. The van der Waals surface area contributed by atoms with Crippen LogP contribution in [0, 0.1) is 5.41 Å². The lowest BCUT2D eigenvalue weighted by Gasteiger charge is -2.12. The van der Waals surface area contributed by atoms with E-state index in [0.717, 1.165) is 27.6 Å². The molecule has 0 spiro atoms. The van der Waals surface area contributed by atoms with Crippen LogP contribution in [0.2, 0.25) is 0 Å². The minimum atomic E-state index is 0.504. The number of anilines is 1. The Morgan fingerprint density at radius 2 is 2.00 bits per heavy atom. The van der Waals surface area contributed by atoms with Crippen LogP contribution in [-0.4, -0.2) is 20.2 Å². The highest BCUT2D eigenvalue weighted by molar-refractivity contribution is 5.88. The van der Waals surface area contributed by atoms with Crippen LogP contribution in [-0.2, 0) is 7.05 Å². The van der Waals surface area contributed by atoms with Crippen LogP contribution >= 0.6 is 0 Å². The third-order valence-electron chi connectivity index (χ3n) is 4.02. The standard InChI is InChI=1S/C20H21N5/c1-13(7-14(2)21)15(3)24-20-9-18-8-16(5-6-17(18)10-23-20)19-11-22-12-25(19)4/h5-6,8-12,21H,1,3,7H2,2,4H3,(H,23,24). The molecule has 0 bridgehead atoms. The van der Waals surface area contributed by atoms with Crippen molar-refractivity contribution in [1.82, 2.24) is 14.5 Å². The molecular formula is C20H21N5. The van der Waals surface area contributed by atoms with Gasteiger partial charge in [0.25, 0.3) is 0 Å². The number of hydrogen-bond acceptors (Lipinski definition) is 4. The van der Waals surface area contributed by atoms with Crippen molar-refractivity contribution >= 4 is 22.3 Å². The summed E-state index contributed by atoms with van der Waals surface area (Å²) in [5.41, 5.74) is 4.19. The van der Waals surface area contributed by atoms with Crippen LogP contribution in [0.25, 0.3) is 22.0 Å². The van der Waals surface area contributed by atoms with Gasteiger partial charge in [-0.2, -0.15) is 0 Å². The Balaban J connectivity index is 1.88. The molecule has 5 heteroatoms. The second kappa shape index (κ2) is 6.73. The van der Waals surface area contributed by atoms with E-state index in [4.69, 9.17) is 5.41 Å². The van der Waals surface area contributed by atoms with Gasteiger partial charge in [-0.25, -0.2) is 9.97 Å². The van der Waals surface area contributed by atoms with E-state index < -0.39 is 0 Å². The van der Waals surface area contributed by atoms with E-state index in [9.17, 15) is 0 Å². The van der Waals surface area contributed by atoms with E-state index in [-0.39, 0.29) is 0 Å². The molecule has 0 radical (unpaired) electrons. The monoisotopic (exact) mass is 331 g/mol. The zero-order chi connectivity index (χ0) is 18.0. The second-order valence-electron chi connectivity index (χ2n) is 6.19. The summed E-state index contributed by atoms with van der Waals surface area (Å²) in [5.74, 6) is 0.712. The smallest absolute Gasteiger partial charge is 0.130 e. The van der Waals surface area contributed by atoms with Gasteiger partial charge in [-0.05, 0) is 30.0 Å². The van der Waals surface area contributed by atoms with Gasteiger partial charge in [-0.15, -0.1) is 0 Å². The number of benzene rings is 1. The number of aryl methyl sites for hydroxylation is 1. The van der Waals surface area contributed by atoms with Crippen LogP contribution < -0.4 is 5.32 Å². The quantitative estimate of drug-likeness (QED) is 0.514.